The Bertz CT molecular complexity index is 792. The normalized spacial score (nSPS) is 15.8. The average Bonchev–Trinajstić information content (AvgIpc) is 2.85. The SMILES string of the molecule is CCCCOc1nc(N)c2[nH]c(=O)n(CCCCCN3CCCCCC3)c2n1. The summed E-state index contributed by atoms with van der Waals surface area (Å²) in [6.45, 7) is 6.90. The Balaban J connectivity index is 1.56. The van der Waals surface area contributed by atoms with Gasteiger partial charge in [0.05, 0.1) is 6.61 Å². The number of hydrogen-bond acceptors (Lipinski definition) is 6. The maximum atomic E-state index is 12.3. The topological polar surface area (TPSA) is 102 Å². The quantitative estimate of drug-likeness (QED) is 0.605. The summed E-state index contributed by atoms with van der Waals surface area (Å²) in [5.74, 6) is 0.258. The highest BCUT2D eigenvalue weighted by Gasteiger charge is 2.14. The summed E-state index contributed by atoms with van der Waals surface area (Å²) in [5.41, 5.74) is 6.85. The fraction of sp³-hybridized carbons (Fsp3) is 0.750. The zero-order valence-corrected chi connectivity index (χ0v) is 17.1. The number of nitrogen functional groups attached to an aromatic ring is 1. The van der Waals surface area contributed by atoms with Crippen LogP contribution in [0.25, 0.3) is 11.2 Å². The van der Waals surface area contributed by atoms with Gasteiger partial charge in [-0.05, 0) is 51.7 Å². The van der Waals surface area contributed by atoms with Gasteiger partial charge in [-0.2, -0.15) is 9.97 Å². The van der Waals surface area contributed by atoms with E-state index in [4.69, 9.17) is 10.5 Å². The van der Waals surface area contributed by atoms with Crippen LogP contribution < -0.4 is 16.2 Å². The molecule has 1 aliphatic heterocycles. The molecule has 0 radical (unpaired) electrons. The summed E-state index contributed by atoms with van der Waals surface area (Å²) in [7, 11) is 0. The Morgan fingerprint density at radius 3 is 2.54 bits per heavy atom. The van der Waals surface area contributed by atoms with Crippen LogP contribution in [0.15, 0.2) is 4.79 Å². The van der Waals surface area contributed by atoms with Crippen LogP contribution in [0.2, 0.25) is 0 Å². The van der Waals surface area contributed by atoms with Crippen molar-refractivity contribution in [3.63, 3.8) is 0 Å². The number of ether oxygens (including phenoxy) is 1. The zero-order chi connectivity index (χ0) is 19.8. The second kappa shape index (κ2) is 10.5. The van der Waals surface area contributed by atoms with Crippen molar-refractivity contribution in [3.8, 4) is 6.01 Å². The molecule has 0 amide bonds. The Labute approximate surface area is 166 Å². The van der Waals surface area contributed by atoms with E-state index in [-0.39, 0.29) is 17.5 Å². The molecule has 0 atom stereocenters. The zero-order valence-electron chi connectivity index (χ0n) is 17.1. The first-order valence-corrected chi connectivity index (χ1v) is 10.8. The van der Waals surface area contributed by atoms with Crippen molar-refractivity contribution < 1.29 is 4.74 Å². The van der Waals surface area contributed by atoms with Crippen LogP contribution in [0.5, 0.6) is 6.01 Å². The smallest absolute Gasteiger partial charge is 0.327 e. The molecule has 1 fully saturated rings. The average molecular weight is 391 g/mol. The fourth-order valence-electron chi connectivity index (χ4n) is 3.75. The number of likely N-dealkylation sites (tertiary alicyclic amines) is 1. The van der Waals surface area contributed by atoms with E-state index >= 15 is 0 Å². The lowest BCUT2D eigenvalue weighted by Gasteiger charge is -2.19. The van der Waals surface area contributed by atoms with Crippen LogP contribution in [0.1, 0.15) is 64.7 Å². The number of anilines is 1. The molecule has 0 unspecified atom stereocenters. The number of fused-ring (bicyclic) bond motifs is 1. The van der Waals surface area contributed by atoms with Crippen molar-refractivity contribution in [1.82, 2.24) is 24.4 Å². The summed E-state index contributed by atoms with van der Waals surface area (Å²) in [6, 6.07) is 0.243. The first-order valence-electron chi connectivity index (χ1n) is 10.8. The van der Waals surface area contributed by atoms with Gasteiger partial charge in [-0.15, -0.1) is 0 Å². The van der Waals surface area contributed by atoms with E-state index in [9.17, 15) is 4.79 Å². The van der Waals surface area contributed by atoms with Gasteiger partial charge < -0.3 is 20.4 Å². The second-order valence-corrected chi connectivity index (χ2v) is 7.69. The van der Waals surface area contributed by atoms with Gasteiger partial charge >= 0.3 is 11.7 Å². The van der Waals surface area contributed by atoms with Crippen molar-refractivity contribution in [1.29, 1.82) is 0 Å². The van der Waals surface area contributed by atoms with Crippen LogP contribution in [-0.4, -0.2) is 50.7 Å². The lowest BCUT2D eigenvalue weighted by atomic mass is 10.2. The second-order valence-electron chi connectivity index (χ2n) is 7.69. The van der Waals surface area contributed by atoms with E-state index in [1.807, 2.05) is 0 Å². The molecule has 2 aromatic rings. The molecule has 2 aromatic heterocycles. The highest BCUT2D eigenvalue weighted by molar-refractivity contribution is 5.81. The molecule has 0 saturated carbocycles. The number of aryl methyl sites for hydroxylation is 1. The van der Waals surface area contributed by atoms with E-state index in [1.165, 1.54) is 45.2 Å². The molecule has 0 bridgehead atoms. The third kappa shape index (κ3) is 5.47. The van der Waals surface area contributed by atoms with Crippen molar-refractivity contribution in [2.45, 2.75) is 71.3 Å². The summed E-state index contributed by atoms with van der Waals surface area (Å²) in [5, 5.41) is 0. The monoisotopic (exact) mass is 390 g/mol. The van der Waals surface area contributed by atoms with Gasteiger partial charge in [-0.25, -0.2) is 4.79 Å². The molecule has 3 heterocycles. The maximum absolute atomic E-state index is 12.3. The molecule has 1 aliphatic rings. The molecule has 8 heteroatoms. The Hall–Kier alpha value is -2.09. The maximum Gasteiger partial charge on any atom is 0.327 e. The lowest BCUT2D eigenvalue weighted by molar-refractivity contribution is 0.277. The summed E-state index contributed by atoms with van der Waals surface area (Å²) in [4.78, 5) is 26.3. The van der Waals surface area contributed by atoms with E-state index in [2.05, 4.69) is 26.8 Å². The summed E-state index contributed by atoms with van der Waals surface area (Å²) in [6.07, 6.45) is 10.6. The van der Waals surface area contributed by atoms with E-state index in [0.717, 1.165) is 32.2 Å². The highest BCUT2D eigenvalue weighted by atomic mass is 16.5. The molecule has 3 N–H and O–H groups in total. The lowest BCUT2D eigenvalue weighted by Crippen LogP contribution is -2.25. The van der Waals surface area contributed by atoms with E-state index in [0.29, 0.717) is 24.3 Å². The third-order valence-electron chi connectivity index (χ3n) is 5.41. The molecule has 3 rings (SSSR count). The first kappa shape index (κ1) is 20.6. The third-order valence-corrected chi connectivity index (χ3v) is 5.41. The number of imidazole rings is 1. The molecular weight excluding hydrogens is 356 g/mol. The van der Waals surface area contributed by atoms with Gasteiger partial charge in [0.25, 0.3) is 0 Å². The molecular formula is C20H34N6O2. The first-order chi connectivity index (χ1) is 13.7. The minimum Gasteiger partial charge on any atom is -0.463 e. The fourth-order valence-corrected chi connectivity index (χ4v) is 3.75. The van der Waals surface area contributed by atoms with Crippen LogP contribution in [0.3, 0.4) is 0 Å². The van der Waals surface area contributed by atoms with E-state index in [1.54, 1.807) is 4.57 Å². The molecule has 8 nitrogen and oxygen atoms in total. The van der Waals surface area contributed by atoms with Crippen LogP contribution in [0.4, 0.5) is 5.82 Å². The number of aromatic amines is 1. The predicted octanol–water partition coefficient (Wildman–Crippen LogP) is 2.93. The Kier molecular flexibility index (Phi) is 7.71. The molecule has 0 aromatic carbocycles. The van der Waals surface area contributed by atoms with Crippen LogP contribution in [0, 0.1) is 0 Å². The Morgan fingerprint density at radius 2 is 1.79 bits per heavy atom. The molecule has 28 heavy (non-hydrogen) atoms. The van der Waals surface area contributed by atoms with Gasteiger partial charge in [0.1, 0.15) is 5.52 Å². The van der Waals surface area contributed by atoms with E-state index < -0.39 is 0 Å². The minimum atomic E-state index is -0.186. The standard InChI is InChI=1S/C20H34N6O2/c1-2-3-15-28-19-23-17(21)16-18(24-19)26(20(27)22-16)14-10-6-9-13-25-11-7-4-5-8-12-25/h2-15H2,1H3,(H,22,27)(H2,21,23,24). The van der Waals surface area contributed by atoms with Crippen molar-refractivity contribution in [2.75, 3.05) is 32.0 Å². The number of nitrogens with two attached hydrogens (primary N) is 1. The number of nitrogens with zero attached hydrogens (tertiary/aromatic N) is 4. The summed E-state index contributed by atoms with van der Waals surface area (Å²) < 4.78 is 7.24. The van der Waals surface area contributed by atoms with Crippen molar-refractivity contribution in [3.05, 3.63) is 10.5 Å². The van der Waals surface area contributed by atoms with Gasteiger partial charge in [0, 0.05) is 6.54 Å². The molecule has 156 valence electrons. The number of unbranched alkanes of at least 4 members (excludes halogenated alkanes) is 3. The molecule has 0 spiro atoms. The number of hydrogen-bond donors (Lipinski definition) is 2. The largest absolute Gasteiger partial charge is 0.463 e. The molecule has 0 aliphatic carbocycles. The number of rotatable bonds is 10. The number of nitrogens with one attached hydrogen (secondary N) is 1. The predicted molar refractivity (Wildman–Crippen MR) is 112 cm³/mol. The van der Waals surface area contributed by atoms with Crippen molar-refractivity contribution in [2.24, 2.45) is 0 Å². The van der Waals surface area contributed by atoms with Crippen LogP contribution >= 0.6 is 0 Å². The van der Waals surface area contributed by atoms with Crippen molar-refractivity contribution >= 4 is 17.0 Å². The summed E-state index contributed by atoms with van der Waals surface area (Å²) >= 11 is 0. The van der Waals surface area contributed by atoms with Gasteiger partial charge in [0.15, 0.2) is 11.5 Å². The van der Waals surface area contributed by atoms with Crippen LogP contribution in [-0.2, 0) is 6.54 Å². The minimum absolute atomic E-state index is 0.186. The number of H-pyrrole nitrogens is 1. The van der Waals surface area contributed by atoms with Gasteiger partial charge in [-0.3, -0.25) is 4.57 Å². The molecule has 1 saturated heterocycles. The highest BCUT2D eigenvalue weighted by Crippen LogP contribution is 2.18. The van der Waals surface area contributed by atoms with Gasteiger partial charge in [0.2, 0.25) is 0 Å². The van der Waals surface area contributed by atoms with Gasteiger partial charge in [-0.1, -0.05) is 32.6 Å². The number of aromatic nitrogens is 4. The Morgan fingerprint density at radius 1 is 1.04 bits per heavy atom.